The third-order valence-electron chi connectivity index (χ3n) is 9.34. The van der Waals surface area contributed by atoms with Crippen molar-refractivity contribution in [3.8, 4) is 11.1 Å². The van der Waals surface area contributed by atoms with Gasteiger partial charge in [0.15, 0.2) is 5.79 Å². The van der Waals surface area contributed by atoms with Crippen molar-refractivity contribution in [1.29, 1.82) is 0 Å². The Balaban J connectivity index is 1.00. The summed E-state index contributed by atoms with van der Waals surface area (Å²) in [4.78, 5) is 18.2. The Hall–Kier alpha value is -3.14. The molecule has 4 aliphatic rings. The van der Waals surface area contributed by atoms with Crippen molar-refractivity contribution in [1.82, 2.24) is 19.9 Å². The van der Waals surface area contributed by atoms with Crippen LogP contribution in [0, 0.1) is 17.2 Å². The van der Waals surface area contributed by atoms with E-state index < -0.39 is 0 Å². The fraction of sp³-hybridized carbons (Fsp3) is 0.531. The van der Waals surface area contributed by atoms with Crippen LogP contribution in [0.25, 0.3) is 11.1 Å². The predicted molar refractivity (Wildman–Crippen MR) is 157 cm³/mol. The van der Waals surface area contributed by atoms with Gasteiger partial charge in [0, 0.05) is 80.2 Å². The summed E-state index contributed by atoms with van der Waals surface area (Å²) in [6.45, 7) is 11.3. The normalized spacial score (nSPS) is 21.8. The third-order valence-corrected chi connectivity index (χ3v) is 9.34. The number of pyridine rings is 1. The zero-order valence-electron chi connectivity index (χ0n) is 24.0. The maximum Gasteiger partial charge on any atom is 0.168 e. The van der Waals surface area contributed by atoms with Crippen molar-refractivity contribution >= 4 is 17.1 Å². The minimum absolute atomic E-state index is 0.183. The van der Waals surface area contributed by atoms with E-state index in [1.54, 1.807) is 24.7 Å². The van der Waals surface area contributed by atoms with Gasteiger partial charge in [-0.15, -0.1) is 0 Å². The largest absolute Gasteiger partial charge is 0.368 e. The maximum atomic E-state index is 14.5. The molecule has 216 valence electrons. The number of rotatable bonds is 7. The molecule has 1 aliphatic carbocycles. The monoisotopic (exact) mass is 558 g/mol. The number of anilines is 3. The Labute approximate surface area is 241 Å². The van der Waals surface area contributed by atoms with E-state index in [2.05, 4.69) is 50.0 Å². The minimum atomic E-state index is -0.289. The number of hydrogen-bond acceptors (Lipinski definition) is 8. The van der Waals surface area contributed by atoms with E-state index in [0.717, 1.165) is 78.9 Å². The number of ether oxygens (including phenoxy) is 2. The predicted octanol–water partition coefficient (Wildman–Crippen LogP) is 5.60. The molecule has 3 saturated heterocycles. The van der Waals surface area contributed by atoms with E-state index in [-0.39, 0.29) is 17.5 Å². The van der Waals surface area contributed by atoms with Gasteiger partial charge in [-0.3, -0.25) is 4.98 Å². The summed E-state index contributed by atoms with van der Waals surface area (Å²) in [5, 5.41) is 3.57. The van der Waals surface area contributed by atoms with Crippen LogP contribution in [-0.2, 0) is 9.47 Å². The zero-order chi connectivity index (χ0) is 28.0. The molecule has 4 fully saturated rings. The Kier molecular flexibility index (Phi) is 6.92. The second-order valence-electron chi connectivity index (χ2n) is 12.8. The quantitative estimate of drug-likeness (QED) is 0.402. The van der Waals surface area contributed by atoms with E-state index in [0.29, 0.717) is 5.41 Å². The van der Waals surface area contributed by atoms with Gasteiger partial charge in [0.05, 0.1) is 36.5 Å². The first-order valence-corrected chi connectivity index (χ1v) is 15.0. The van der Waals surface area contributed by atoms with E-state index in [4.69, 9.17) is 9.47 Å². The molecule has 9 heteroatoms. The van der Waals surface area contributed by atoms with Crippen LogP contribution in [-0.4, -0.2) is 71.6 Å². The molecule has 3 aromatic rings. The Morgan fingerprint density at radius 1 is 0.976 bits per heavy atom. The van der Waals surface area contributed by atoms with E-state index in [9.17, 15) is 4.39 Å². The first-order chi connectivity index (χ1) is 19.9. The fourth-order valence-corrected chi connectivity index (χ4v) is 7.38. The van der Waals surface area contributed by atoms with Gasteiger partial charge in [0.25, 0.3) is 0 Å². The van der Waals surface area contributed by atoms with Crippen molar-refractivity contribution in [2.45, 2.75) is 51.2 Å². The lowest BCUT2D eigenvalue weighted by Crippen LogP contribution is -2.72. The van der Waals surface area contributed by atoms with Crippen molar-refractivity contribution in [3.63, 3.8) is 0 Å². The molecule has 2 aromatic heterocycles. The number of likely N-dealkylation sites (tertiary alicyclic amines) is 1. The summed E-state index contributed by atoms with van der Waals surface area (Å²) in [6, 6.07) is 6.91. The molecule has 0 radical (unpaired) electrons. The molecule has 1 N–H and O–H groups in total. The first kappa shape index (κ1) is 26.7. The SMILES string of the molecule is CC(C)c1ncncc1-c1cc(F)ccc1Nc1cnccc1N1CC2(CN(CC3CCC4(CC3)OCCO4)C2)C1. The molecule has 7 rings (SSSR count). The van der Waals surface area contributed by atoms with Gasteiger partial charge in [0.1, 0.15) is 12.1 Å². The lowest BCUT2D eigenvalue weighted by atomic mass is 9.71. The van der Waals surface area contributed by atoms with Crippen molar-refractivity contribution in [3.05, 3.63) is 60.7 Å². The highest BCUT2D eigenvalue weighted by atomic mass is 19.1. The summed E-state index contributed by atoms with van der Waals surface area (Å²) in [7, 11) is 0. The lowest BCUT2D eigenvalue weighted by molar-refractivity contribution is -0.184. The summed E-state index contributed by atoms with van der Waals surface area (Å²) in [6.07, 6.45) is 11.5. The van der Waals surface area contributed by atoms with Crippen molar-refractivity contribution < 1.29 is 13.9 Å². The van der Waals surface area contributed by atoms with Gasteiger partial charge < -0.3 is 24.6 Å². The molecule has 0 bridgehead atoms. The molecule has 0 unspecified atom stereocenters. The summed E-state index contributed by atoms with van der Waals surface area (Å²) >= 11 is 0. The molecule has 1 aromatic carbocycles. The smallest absolute Gasteiger partial charge is 0.168 e. The van der Waals surface area contributed by atoms with Crippen LogP contribution in [0.3, 0.4) is 0 Å². The molecule has 1 saturated carbocycles. The van der Waals surface area contributed by atoms with Gasteiger partial charge in [-0.1, -0.05) is 13.8 Å². The Morgan fingerprint density at radius 2 is 1.76 bits per heavy atom. The number of nitrogens with one attached hydrogen (secondary N) is 1. The summed E-state index contributed by atoms with van der Waals surface area (Å²) < 4.78 is 26.3. The first-order valence-electron chi connectivity index (χ1n) is 15.0. The molecular weight excluding hydrogens is 519 g/mol. The Bertz CT molecular complexity index is 1390. The van der Waals surface area contributed by atoms with Crippen LogP contribution in [0.1, 0.15) is 51.1 Å². The average Bonchev–Trinajstić information content (AvgIpc) is 3.40. The van der Waals surface area contributed by atoms with Crippen LogP contribution in [0.4, 0.5) is 21.5 Å². The zero-order valence-corrected chi connectivity index (χ0v) is 24.0. The Morgan fingerprint density at radius 3 is 2.51 bits per heavy atom. The highest BCUT2D eigenvalue weighted by Gasteiger charge is 2.52. The van der Waals surface area contributed by atoms with Gasteiger partial charge in [0.2, 0.25) is 0 Å². The van der Waals surface area contributed by atoms with Gasteiger partial charge in [-0.2, -0.15) is 0 Å². The molecule has 0 amide bonds. The molecule has 41 heavy (non-hydrogen) atoms. The molecule has 2 spiro atoms. The van der Waals surface area contributed by atoms with E-state index in [1.165, 1.54) is 38.5 Å². The standard InChI is InChI=1S/C32H39FN6O2/c1-22(2)30-26(14-35-21-36-30)25-13-24(33)3-4-27(25)37-28-15-34-10-7-29(28)39-19-31(20-39)17-38(18-31)16-23-5-8-32(9-6-23)40-11-12-41-32/h3-4,7,10,13-15,21-23,37H,5-6,8-9,11-12,16-20H2,1-2H3. The maximum absolute atomic E-state index is 14.5. The molecule has 8 nitrogen and oxygen atoms in total. The lowest BCUT2D eigenvalue weighted by Gasteiger charge is -2.62. The van der Waals surface area contributed by atoms with E-state index in [1.807, 2.05) is 12.4 Å². The highest BCUT2D eigenvalue weighted by molar-refractivity contribution is 5.85. The third kappa shape index (κ3) is 5.19. The van der Waals surface area contributed by atoms with Crippen LogP contribution < -0.4 is 10.2 Å². The van der Waals surface area contributed by atoms with Crippen molar-refractivity contribution in [2.75, 3.05) is 56.2 Å². The number of nitrogens with zero attached hydrogens (tertiary/aromatic N) is 5. The number of hydrogen-bond donors (Lipinski definition) is 1. The van der Waals surface area contributed by atoms with Gasteiger partial charge in [-0.05, 0) is 48.9 Å². The van der Waals surface area contributed by atoms with Crippen molar-refractivity contribution in [2.24, 2.45) is 11.3 Å². The molecule has 0 atom stereocenters. The molecular formula is C32H39FN6O2. The molecule has 3 aliphatic heterocycles. The minimum Gasteiger partial charge on any atom is -0.368 e. The van der Waals surface area contributed by atoms with Crippen LogP contribution in [0.2, 0.25) is 0 Å². The highest BCUT2D eigenvalue weighted by Crippen LogP contribution is 2.46. The average molecular weight is 559 g/mol. The topological polar surface area (TPSA) is 75.6 Å². The van der Waals surface area contributed by atoms with Crippen LogP contribution in [0.5, 0.6) is 0 Å². The second-order valence-corrected chi connectivity index (χ2v) is 12.8. The van der Waals surface area contributed by atoms with Gasteiger partial charge >= 0.3 is 0 Å². The molecule has 5 heterocycles. The second kappa shape index (κ2) is 10.6. The van der Waals surface area contributed by atoms with Crippen LogP contribution >= 0.6 is 0 Å². The van der Waals surface area contributed by atoms with Gasteiger partial charge in [-0.25, -0.2) is 14.4 Å². The fourth-order valence-electron chi connectivity index (χ4n) is 7.38. The van der Waals surface area contributed by atoms with Crippen LogP contribution in [0.15, 0.2) is 49.2 Å². The number of halogens is 1. The number of aromatic nitrogens is 3. The van der Waals surface area contributed by atoms with E-state index >= 15 is 0 Å². The number of benzene rings is 1. The summed E-state index contributed by atoms with van der Waals surface area (Å²) in [5.74, 6) is 0.372. The summed E-state index contributed by atoms with van der Waals surface area (Å²) in [5.41, 5.74) is 5.71.